The fraction of sp³-hybridized carbons (Fsp3) is 0.429. The lowest BCUT2D eigenvalue weighted by atomic mass is 10.2. The average Bonchev–Trinajstić information content (AvgIpc) is 2.53. The highest BCUT2D eigenvalue weighted by molar-refractivity contribution is 6.30. The molecule has 0 N–H and O–H groups in total. The van der Waals surface area contributed by atoms with Crippen LogP contribution >= 0.6 is 0 Å². The van der Waals surface area contributed by atoms with E-state index in [1.54, 1.807) is 20.3 Å². The summed E-state index contributed by atoms with van der Waals surface area (Å²) in [5, 5.41) is 10.6. The van der Waals surface area contributed by atoms with Crippen LogP contribution in [0.1, 0.15) is 0 Å². The first kappa shape index (κ1) is 15.0. The molecule has 0 bridgehead atoms. The third-order valence-electron chi connectivity index (χ3n) is 3.47. The number of carbonyl (C=O) groups excluding carboxylic acids is 2. The molecule has 1 aromatic rings. The highest BCUT2D eigenvalue weighted by Gasteiger charge is 2.23. The summed E-state index contributed by atoms with van der Waals surface area (Å²) in [5.41, 5.74) is 0.888. The lowest BCUT2D eigenvalue weighted by Crippen LogP contribution is -2.53. The number of ether oxygens (including phenoxy) is 2. The highest BCUT2D eigenvalue weighted by atomic mass is 16.5. The van der Waals surface area contributed by atoms with Gasteiger partial charge in [0.2, 0.25) is 0 Å². The molecule has 7 nitrogen and oxygen atoms in total. The standard InChI is InChI=1S/C14H18N2O5/c1-20-10-3-4-11(12(9-10)21-2)15-5-7-16(8-6-15)13(17)14(18)19/h3-4,9H,5-8H2,1-2H3,(H,18,19)/p-1. The lowest BCUT2D eigenvalue weighted by molar-refractivity contribution is -0.301. The third kappa shape index (κ3) is 3.18. The second-order valence-electron chi connectivity index (χ2n) is 4.60. The number of aliphatic carboxylic acids is 1. The quantitative estimate of drug-likeness (QED) is 0.672. The predicted molar refractivity (Wildman–Crippen MR) is 73.3 cm³/mol. The molecule has 2 rings (SSSR count). The first-order chi connectivity index (χ1) is 10.1. The topological polar surface area (TPSA) is 82.1 Å². The zero-order chi connectivity index (χ0) is 15.4. The number of rotatable bonds is 3. The van der Waals surface area contributed by atoms with Crippen LogP contribution in [0.4, 0.5) is 5.69 Å². The van der Waals surface area contributed by atoms with Gasteiger partial charge in [-0.25, -0.2) is 0 Å². The molecule has 0 unspecified atom stereocenters. The average molecular weight is 293 g/mol. The van der Waals surface area contributed by atoms with Crippen LogP contribution in [-0.2, 0) is 9.59 Å². The molecule has 0 aromatic heterocycles. The summed E-state index contributed by atoms with van der Waals surface area (Å²) < 4.78 is 10.5. The van der Waals surface area contributed by atoms with Crippen LogP contribution in [0.25, 0.3) is 0 Å². The number of hydrogen-bond acceptors (Lipinski definition) is 6. The Morgan fingerprint density at radius 3 is 2.29 bits per heavy atom. The van der Waals surface area contributed by atoms with Crippen molar-refractivity contribution in [3.63, 3.8) is 0 Å². The normalized spacial score (nSPS) is 14.8. The minimum absolute atomic E-state index is 0.335. The van der Waals surface area contributed by atoms with E-state index in [0.717, 1.165) is 5.69 Å². The van der Waals surface area contributed by atoms with Crippen molar-refractivity contribution in [1.29, 1.82) is 0 Å². The number of carboxylic acid groups (broad SMARTS) is 1. The van der Waals surface area contributed by atoms with Crippen molar-refractivity contribution in [3.05, 3.63) is 18.2 Å². The van der Waals surface area contributed by atoms with E-state index >= 15 is 0 Å². The molecule has 1 heterocycles. The van der Waals surface area contributed by atoms with E-state index in [2.05, 4.69) is 0 Å². The maximum Gasteiger partial charge on any atom is 0.269 e. The maximum absolute atomic E-state index is 11.4. The van der Waals surface area contributed by atoms with Crippen molar-refractivity contribution in [3.8, 4) is 11.5 Å². The van der Waals surface area contributed by atoms with Crippen LogP contribution in [0.5, 0.6) is 11.5 Å². The molecule has 7 heteroatoms. The van der Waals surface area contributed by atoms with Crippen LogP contribution < -0.4 is 19.5 Å². The Balaban J connectivity index is 2.08. The molecular weight excluding hydrogens is 276 g/mol. The molecule has 1 fully saturated rings. The smallest absolute Gasteiger partial charge is 0.269 e. The van der Waals surface area contributed by atoms with Gasteiger partial charge in [-0.15, -0.1) is 0 Å². The van der Waals surface area contributed by atoms with Gasteiger partial charge in [0.05, 0.1) is 19.9 Å². The molecule has 1 amide bonds. The molecule has 0 atom stereocenters. The van der Waals surface area contributed by atoms with E-state index in [4.69, 9.17) is 9.47 Å². The monoisotopic (exact) mass is 293 g/mol. The molecule has 0 aliphatic carbocycles. The van der Waals surface area contributed by atoms with Gasteiger partial charge in [-0.3, -0.25) is 4.79 Å². The number of amides is 1. The third-order valence-corrected chi connectivity index (χ3v) is 3.47. The Morgan fingerprint density at radius 2 is 1.76 bits per heavy atom. The SMILES string of the molecule is COc1ccc(N2CCN(C(=O)C(=O)[O-])CC2)c(OC)c1. The summed E-state index contributed by atoms with van der Waals surface area (Å²) >= 11 is 0. The van der Waals surface area contributed by atoms with Gasteiger partial charge in [0.15, 0.2) is 0 Å². The Hall–Kier alpha value is -2.44. The van der Waals surface area contributed by atoms with Crippen LogP contribution in [0.2, 0.25) is 0 Å². The predicted octanol–water partition coefficient (Wildman–Crippen LogP) is -0.898. The van der Waals surface area contributed by atoms with Crippen molar-refractivity contribution >= 4 is 17.6 Å². The molecule has 0 saturated carbocycles. The van der Waals surface area contributed by atoms with E-state index in [9.17, 15) is 14.7 Å². The van der Waals surface area contributed by atoms with Gasteiger partial charge in [-0.2, -0.15) is 0 Å². The number of hydrogen-bond donors (Lipinski definition) is 0. The fourth-order valence-electron chi connectivity index (χ4n) is 2.33. The summed E-state index contributed by atoms with van der Waals surface area (Å²) in [5.74, 6) is -1.25. The van der Waals surface area contributed by atoms with E-state index in [1.807, 2.05) is 17.0 Å². The van der Waals surface area contributed by atoms with Gasteiger partial charge < -0.3 is 29.2 Å². The van der Waals surface area contributed by atoms with Crippen molar-refractivity contribution in [2.24, 2.45) is 0 Å². The molecule has 1 aliphatic rings. The molecule has 1 aliphatic heterocycles. The van der Waals surface area contributed by atoms with E-state index in [0.29, 0.717) is 37.7 Å². The van der Waals surface area contributed by atoms with Gasteiger partial charge in [-0.05, 0) is 12.1 Å². The Labute approximate surface area is 122 Å². The molecule has 0 spiro atoms. The Kier molecular flexibility index (Phi) is 4.52. The van der Waals surface area contributed by atoms with Gasteiger partial charge in [0.1, 0.15) is 17.5 Å². The molecule has 1 saturated heterocycles. The lowest BCUT2D eigenvalue weighted by Gasteiger charge is -2.36. The summed E-state index contributed by atoms with van der Waals surface area (Å²) in [6, 6.07) is 5.50. The molecule has 114 valence electrons. The van der Waals surface area contributed by atoms with Gasteiger partial charge in [0.25, 0.3) is 5.91 Å². The molecule has 0 radical (unpaired) electrons. The van der Waals surface area contributed by atoms with Gasteiger partial charge >= 0.3 is 0 Å². The van der Waals surface area contributed by atoms with E-state index in [1.165, 1.54) is 4.90 Å². The number of carboxylic acids is 1. The van der Waals surface area contributed by atoms with Crippen LogP contribution in [0.3, 0.4) is 0 Å². The summed E-state index contributed by atoms with van der Waals surface area (Å²) in [6.45, 7) is 1.73. The Bertz CT molecular complexity index is 538. The maximum atomic E-state index is 11.4. The zero-order valence-corrected chi connectivity index (χ0v) is 12.0. The number of carbonyl (C=O) groups is 2. The minimum atomic E-state index is -1.66. The van der Waals surface area contributed by atoms with Crippen LogP contribution in [0, 0.1) is 0 Å². The van der Waals surface area contributed by atoms with Gasteiger partial charge in [0, 0.05) is 32.2 Å². The van der Waals surface area contributed by atoms with Crippen molar-refractivity contribution in [2.75, 3.05) is 45.3 Å². The molecule has 1 aromatic carbocycles. The molecular formula is C14H17N2O5-. The van der Waals surface area contributed by atoms with Crippen molar-refractivity contribution < 1.29 is 24.2 Å². The number of nitrogens with zero attached hydrogens (tertiary/aromatic N) is 2. The number of anilines is 1. The zero-order valence-electron chi connectivity index (χ0n) is 12.0. The first-order valence-electron chi connectivity index (χ1n) is 6.54. The highest BCUT2D eigenvalue weighted by Crippen LogP contribution is 2.32. The number of piperazine rings is 1. The first-order valence-corrected chi connectivity index (χ1v) is 6.54. The molecule has 21 heavy (non-hydrogen) atoms. The van der Waals surface area contributed by atoms with E-state index < -0.39 is 11.9 Å². The fourth-order valence-corrected chi connectivity index (χ4v) is 2.33. The second-order valence-corrected chi connectivity index (χ2v) is 4.60. The van der Waals surface area contributed by atoms with Crippen LogP contribution in [0.15, 0.2) is 18.2 Å². The largest absolute Gasteiger partial charge is 0.540 e. The number of benzene rings is 1. The van der Waals surface area contributed by atoms with Crippen molar-refractivity contribution in [2.45, 2.75) is 0 Å². The Morgan fingerprint density at radius 1 is 1.10 bits per heavy atom. The summed E-state index contributed by atoms with van der Waals surface area (Å²) in [6.07, 6.45) is 0. The van der Waals surface area contributed by atoms with E-state index in [-0.39, 0.29) is 0 Å². The minimum Gasteiger partial charge on any atom is -0.540 e. The second kappa shape index (κ2) is 6.34. The number of methoxy groups -OCH3 is 2. The summed E-state index contributed by atoms with van der Waals surface area (Å²) in [4.78, 5) is 25.2. The van der Waals surface area contributed by atoms with Crippen LogP contribution in [-0.4, -0.2) is 57.2 Å². The summed E-state index contributed by atoms with van der Waals surface area (Å²) in [7, 11) is 3.16. The van der Waals surface area contributed by atoms with Gasteiger partial charge in [-0.1, -0.05) is 0 Å². The van der Waals surface area contributed by atoms with Crippen molar-refractivity contribution in [1.82, 2.24) is 4.90 Å².